The van der Waals surface area contributed by atoms with Crippen LogP contribution < -0.4 is 4.74 Å². The Morgan fingerprint density at radius 3 is 2.52 bits per heavy atom. The highest BCUT2D eigenvalue weighted by Gasteiger charge is 2.41. The highest BCUT2D eigenvalue weighted by atomic mass is 16.5. The lowest BCUT2D eigenvalue weighted by molar-refractivity contribution is -0.105. The molecule has 21 heavy (non-hydrogen) atoms. The van der Waals surface area contributed by atoms with E-state index >= 15 is 0 Å². The van der Waals surface area contributed by atoms with Crippen LogP contribution in [-0.2, 0) is 10.3 Å². The van der Waals surface area contributed by atoms with E-state index in [4.69, 9.17) is 9.47 Å². The fourth-order valence-corrected chi connectivity index (χ4v) is 2.96. The Kier molecular flexibility index (Phi) is 3.47. The van der Waals surface area contributed by atoms with Crippen molar-refractivity contribution in [2.24, 2.45) is 0 Å². The van der Waals surface area contributed by atoms with Gasteiger partial charge in [-0.1, -0.05) is 36.4 Å². The predicted octanol–water partition coefficient (Wildman–Crippen LogP) is 3.74. The van der Waals surface area contributed by atoms with Gasteiger partial charge in [-0.15, -0.1) is 0 Å². The summed E-state index contributed by atoms with van der Waals surface area (Å²) in [6, 6.07) is 15.5. The molecule has 0 amide bonds. The molecule has 0 unspecified atom stereocenters. The molecule has 0 aromatic heterocycles. The summed E-state index contributed by atoms with van der Waals surface area (Å²) in [4.78, 5) is 0. The Balaban J connectivity index is 2.03. The zero-order valence-corrected chi connectivity index (χ0v) is 12.5. The van der Waals surface area contributed by atoms with Crippen molar-refractivity contribution < 1.29 is 14.6 Å². The Labute approximate surface area is 125 Å². The summed E-state index contributed by atoms with van der Waals surface area (Å²) in [6.45, 7) is 4.05. The normalized spacial score (nSPS) is 20.9. The number of aliphatic hydroxyl groups excluding tert-OH is 1. The van der Waals surface area contributed by atoms with Gasteiger partial charge >= 0.3 is 0 Å². The van der Waals surface area contributed by atoms with E-state index in [9.17, 15) is 5.11 Å². The molecule has 1 aliphatic rings. The van der Waals surface area contributed by atoms with Gasteiger partial charge in [0.2, 0.25) is 0 Å². The summed E-state index contributed by atoms with van der Waals surface area (Å²) in [6.07, 6.45) is -1.08. The van der Waals surface area contributed by atoms with Crippen LogP contribution in [0.2, 0.25) is 0 Å². The average molecular weight is 284 g/mol. The first-order chi connectivity index (χ1) is 10.0. The second-order valence-electron chi connectivity index (χ2n) is 5.86. The molecule has 3 heteroatoms. The first-order valence-corrected chi connectivity index (χ1v) is 7.12. The smallest absolute Gasteiger partial charge is 0.119 e. The second-order valence-corrected chi connectivity index (χ2v) is 5.86. The SMILES string of the molecule is COc1ccc2c(c1)[C@@H]([C@H](O)c1ccccc1)OC2(C)C. The van der Waals surface area contributed by atoms with E-state index in [2.05, 4.69) is 0 Å². The molecule has 3 rings (SSSR count). The Bertz CT molecular complexity index is 634. The molecular weight excluding hydrogens is 264 g/mol. The van der Waals surface area contributed by atoms with Crippen molar-refractivity contribution in [1.82, 2.24) is 0 Å². The molecule has 1 heterocycles. The van der Waals surface area contributed by atoms with Crippen LogP contribution in [0.3, 0.4) is 0 Å². The number of benzene rings is 2. The Morgan fingerprint density at radius 1 is 1.14 bits per heavy atom. The molecule has 0 fully saturated rings. The largest absolute Gasteiger partial charge is 0.497 e. The number of aliphatic hydroxyl groups is 1. The van der Waals surface area contributed by atoms with Gasteiger partial charge in [0.15, 0.2) is 0 Å². The number of hydrogen-bond acceptors (Lipinski definition) is 3. The third kappa shape index (κ3) is 2.43. The molecule has 1 aliphatic heterocycles. The van der Waals surface area contributed by atoms with Gasteiger partial charge < -0.3 is 14.6 Å². The van der Waals surface area contributed by atoms with Crippen LogP contribution in [0.1, 0.15) is 42.7 Å². The molecule has 0 bridgehead atoms. The first kappa shape index (κ1) is 14.1. The van der Waals surface area contributed by atoms with Gasteiger partial charge in [0.25, 0.3) is 0 Å². The van der Waals surface area contributed by atoms with Crippen molar-refractivity contribution in [2.45, 2.75) is 31.7 Å². The van der Waals surface area contributed by atoms with Crippen LogP contribution in [-0.4, -0.2) is 12.2 Å². The molecule has 3 nitrogen and oxygen atoms in total. The minimum Gasteiger partial charge on any atom is -0.497 e. The lowest BCUT2D eigenvalue weighted by atomic mass is 9.92. The van der Waals surface area contributed by atoms with Crippen LogP contribution >= 0.6 is 0 Å². The maximum absolute atomic E-state index is 10.7. The van der Waals surface area contributed by atoms with E-state index in [1.54, 1.807) is 7.11 Å². The summed E-state index contributed by atoms with van der Waals surface area (Å²) in [5.74, 6) is 0.778. The van der Waals surface area contributed by atoms with E-state index < -0.39 is 11.7 Å². The molecule has 2 aromatic carbocycles. The minimum absolute atomic E-state index is 0.382. The molecule has 0 aliphatic carbocycles. The summed E-state index contributed by atoms with van der Waals surface area (Å²) in [7, 11) is 1.64. The fraction of sp³-hybridized carbons (Fsp3) is 0.333. The number of ether oxygens (including phenoxy) is 2. The maximum Gasteiger partial charge on any atom is 0.119 e. The molecule has 0 radical (unpaired) electrons. The van der Waals surface area contributed by atoms with E-state index in [1.807, 2.05) is 62.4 Å². The third-order valence-electron chi connectivity index (χ3n) is 4.06. The Hall–Kier alpha value is -1.84. The molecule has 0 saturated carbocycles. The van der Waals surface area contributed by atoms with Gasteiger partial charge in [-0.3, -0.25) is 0 Å². The molecular formula is C18H20O3. The van der Waals surface area contributed by atoms with Gasteiger partial charge in [0.1, 0.15) is 18.0 Å². The number of fused-ring (bicyclic) bond motifs is 1. The van der Waals surface area contributed by atoms with Crippen LogP contribution in [0.4, 0.5) is 0 Å². The zero-order chi connectivity index (χ0) is 15.0. The van der Waals surface area contributed by atoms with Crippen molar-refractivity contribution in [3.63, 3.8) is 0 Å². The maximum atomic E-state index is 10.7. The van der Waals surface area contributed by atoms with E-state index in [1.165, 1.54) is 0 Å². The van der Waals surface area contributed by atoms with Crippen molar-refractivity contribution in [3.05, 3.63) is 65.2 Å². The predicted molar refractivity (Wildman–Crippen MR) is 81.2 cm³/mol. The van der Waals surface area contributed by atoms with E-state index in [0.29, 0.717) is 0 Å². The molecule has 1 N–H and O–H groups in total. The van der Waals surface area contributed by atoms with Gasteiger partial charge in [-0.25, -0.2) is 0 Å². The van der Waals surface area contributed by atoms with Crippen molar-refractivity contribution in [1.29, 1.82) is 0 Å². The molecule has 2 aromatic rings. The van der Waals surface area contributed by atoms with Crippen LogP contribution in [0.5, 0.6) is 5.75 Å². The monoisotopic (exact) mass is 284 g/mol. The summed E-state index contributed by atoms with van der Waals surface area (Å²) in [5, 5.41) is 10.7. The summed E-state index contributed by atoms with van der Waals surface area (Å²) >= 11 is 0. The standard InChI is InChI=1S/C18H20O3/c1-18(2)15-10-9-13(20-3)11-14(15)17(21-18)16(19)12-7-5-4-6-8-12/h4-11,16-17,19H,1-3H3/t16-,17+/m1/s1. The molecule has 0 saturated heterocycles. The fourth-order valence-electron chi connectivity index (χ4n) is 2.96. The minimum atomic E-state index is -0.696. The van der Waals surface area contributed by atoms with Crippen molar-refractivity contribution in [3.8, 4) is 5.75 Å². The van der Waals surface area contributed by atoms with Crippen molar-refractivity contribution in [2.75, 3.05) is 7.11 Å². The lowest BCUT2D eigenvalue weighted by Crippen LogP contribution is -2.18. The topological polar surface area (TPSA) is 38.7 Å². The summed E-state index contributed by atoms with van der Waals surface area (Å²) < 4.78 is 11.4. The number of hydrogen-bond donors (Lipinski definition) is 1. The summed E-state index contributed by atoms with van der Waals surface area (Å²) in [5.41, 5.74) is 2.54. The van der Waals surface area contributed by atoms with Crippen LogP contribution in [0, 0.1) is 0 Å². The molecule has 2 atom stereocenters. The zero-order valence-electron chi connectivity index (χ0n) is 12.5. The highest BCUT2D eigenvalue weighted by molar-refractivity contribution is 5.44. The average Bonchev–Trinajstić information content (AvgIpc) is 2.78. The Morgan fingerprint density at radius 2 is 1.86 bits per heavy atom. The van der Waals surface area contributed by atoms with Gasteiger partial charge in [0, 0.05) is 0 Å². The van der Waals surface area contributed by atoms with E-state index in [-0.39, 0.29) is 6.10 Å². The van der Waals surface area contributed by atoms with E-state index in [0.717, 1.165) is 22.4 Å². The first-order valence-electron chi connectivity index (χ1n) is 7.12. The molecule has 110 valence electrons. The second kappa shape index (κ2) is 5.17. The van der Waals surface area contributed by atoms with Crippen molar-refractivity contribution >= 4 is 0 Å². The number of rotatable bonds is 3. The molecule has 0 spiro atoms. The van der Waals surface area contributed by atoms with Crippen LogP contribution in [0.15, 0.2) is 48.5 Å². The van der Waals surface area contributed by atoms with Gasteiger partial charge in [0.05, 0.1) is 12.7 Å². The quantitative estimate of drug-likeness (QED) is 0.933. The number of methoxy groups -OCH3 is 1. The third-order valence-corrected chi connectivity index (χ3v) is 4.06. The highest BCUT2D eigenvalue weighted by Crippen LogP contribution is 2.49. The van der Waals surface area contributed by atoms with Gasteiger partial charge in [-0.2, -0.15) is 0 Å². The van der Waals surface area contributed by atoms with Crippen LogP contribution in [0.25, 0.3) is 0 Å². The lowest BCUT2D eigenvalue weighted by Gasteiger charge is -2.23. The van der Waals surface area contributed by atoms with Gasteiger partial charge in [-0.05, 0) is 42.7 Å².